The van der Waals surface area contributed by atoms with Gasteiger partial charge in [-0.1, -0.05) is 30.3 Å². The molecule has 3 nitrogen and oxygen atoms in total. The molecule has 0 amide bonds. The van der Waals surface area contributed by atoms with Gasteiger partial charge in [0.1, 0.15) is 0 Å². The van der Waals surface area contributed by atoms with Crippen LogP contribution in [-0.4, -0.2) is 16.7 Å². The first-order chi connectivity index (χ1) is 12.2. The van der Waals surface area contributed by atoms with E-state index < -0.39 is 17.7 Å². The quantitative estimate of drug-likeness (QED) is 0.740. The predicted molar refractivity (Wildman–Crippen MR) is 108 cm³/mol. The summed E-state index contributed by atoms with van der Waals surface area (Å²) in [4.78, 5) is 14.2. The van der Waals surface area contributed by atoms with Gasteiger partial charge in [-0.2, -0.15) is 0 Å². The molecule has 4 heteroatoms. The third-order valence-corrected chi connectivity index (χ3v) is 5.67. The minimum absolute atomic E-state index is 0.532. The van der Waals surface area contributed by atoms with E-state index in [0.29, 0.717) is 0 Å². The van der Waals surface area contributed by atoms with Crippen LogP contribution in [0.25, 0.3) is 11.6 Å². The number of aryl methyl sites for hydroxylation is 3. The van der Waals surface area contributed by atoms with Gasteiger partial charge in [-0.25, -0.2) is 4.79 Å². The smallest absolute Gasteiger partial charge is 0.337 e. The number of aliphatic carboxylic acids is 1. The van der Waals surface area contributed by atoms with Gasteiger partial charge in [0.2, 0.25) is 0 Å². The van der Waals surface area contributed by atoms with E-state index >= 15 is 0 Å². The second-order valence-corrected chi connectivity index (χ2v) is 9.25. The first kappa shape index (κ1) is 18.9. The molecule has 0 spiro atoms. The number of ether oxygens (including phenoxy) is 1. The van der Waals surface area contributed by atoms with Crippen molar-refractivity contribution in [3.8, 4) is 0 Å². The van der Waals surface area contributed by atoms with Crippen molar-refractivity contribution in [2.24, 2.45) is 0 Å². The topological polar surface area (TPSA) is 46.5 Å². The Balaban J connectivity index is 2.12. The zero-order chi connectivity index (χ0) is 19.1. The molecule has 0 radical (unpaired) electrons. The Morgan fingerprint density at radius 2 is 1.85 bits per heavy atom. The number of carboxylic acid groups (broad SMARTS) is 1. The lowest BCUT2D eigenvalue weighted by Crippen LogP contribution is -2.28. The number of rotatable bonds is 4. The molecule has 0 bridgehead atoms. The van der Waals surface area contributed by atoms with Crippen LogP contribution in [0.2, 0.25) is 0 Å². The summed E-state index contributed by atoms with van der Waals surface area (Å²) in [7, 11) is 0. The summed E-state index contributed by atoms with van der Waals surface area (Å²) in [5.74, 6) is -0.932. The molecule has 1 unspecified atom stereocenters. The zero-order valence-electron chi connectivity index (χ0n) is 16.1. The maximum atomic E-state index is 12.0. The fourth-order valence-corrected chi connectivity index (χ4v) is 4.75. The van der Waals surface area contributed by atoms with Crippen molar-refractivity contribution < 1.29 is 14.6 Å². The summed E-state index contributed by atoms with van der Waals surface area (Å²) in [5, 5.41) is 9.86. The van der Waals surface area contributed by atoms with Gasteiger partial charge in [-0.15, -0.1) is 11.3 Å². The Labute approximate surface area is 159 Å². The van der Waals surface area contributed by atoms with Crippen LogP contribution in [0.3, 0.4) is 0 Å². The van der Waals surface area contributed by atoms with Crippen LogP contribution in [0, 0.1) is 13.8 Å². The van der Waals surface area contributed by atoms with Gasteiger partial charge in [0.15, 0.2) is 6.10 Å². The second kappa shape index (κ2) is 7.01. The van der Waals surface area contributed by atoms with E-state index in [4.69, 9.17) is 4.74 Å². The van der Waals surface area contributed by atoms with Gasteiger partial charge in [-0.05, 0) is 69.7 Å². The first-order valence-corrected chi connectivity index (χ1v) is 9.78. The highest BCUT2D eigenvalue weighted by Gasteiger charge is 2.33. The Morgan fingerprint density at radius 3 is 2.50 bits per heavy atom. The van der Waals surface area contributed by atoms with Crippen molar-refractivity contribution in [3.05, 3.63) is 56.3 Å². The third-order valence-electron chi connectivity index (χ3n) is 4.63. The van der Waals surface area contributed by atoms with E-state index in [2.05, 4.69) is 31.2 Å². The van der Waals surface area contributed by atoms with Crippen molar-refractivity contribution in [3.63, 3.8) is 0 Å². The molecule has 1 aliphatic rings. The SMILES string of the molecule is Cc1sc(C)c(C(OC(C)(C)C)C(=O)O)c1C1=Cc2ccccc2CC1. The summed E-state index contributed by atoms with van der Waals surface area (Å²) in [6.45, 7) is 9.76. The monoisotopic (exact) mass is 370 g/mol. The molecule has 1 N–H and O–H groups in total. The Hall–Kier alpha value is -1.91. The van der Waals surface area contributed by atoms with E-state index in [1.54, 1.807) is 11.3 Å². The molecule has 0 fully saturated rings. The number of benzene rings is 1. The van der Waals surface area contributed by atoms with Crippen molar-refractivity contribution in [2.75, 3.05) is 0 Å². The molecule has 138 valence electrons. The predicted octanol–water partition coefficient (Wildman–Crippen LogP) is 5.79. The van der Waals surface area contributed by atoms with Gasteiger partial charge >= 0.3 is 5.97 Å². The van der Waals surface area contributed by atoms with Crippen LogP contribution < -0.4 is 0 Å². The van der Waals surface area contributed by atoms with Gasteiger partial charge in [0.25, 0.3) is 0 Å². The fraction of sp³-hybridized carbons (Fsp3) is 0.409. The van der Waals surface area contributed by atoms with E-state index in [1.807, 2.05) is 33.8 Å². The fourth-order valence-electron chi connectivity index (χ4n) is 3.63. The van der Waals surface area contributed by atoms with E-state index in [9.17, 15) is 9.90 Å². The number of fused-ring (bicyclic) bond motifs is 1. The van der Waals surface area contributed by atoms with E-state index in [-0.39, 0.29) is 0 Å². The molecule has 0 saturated carbocycles. The standard InChI is InChI=1S/C22H26O3S/c1-13-18(17-11-10-15-8-6-7-9-16(15)12-17)19(14(2)26-13)20(21(23)24)25-22(3,4)5/h6-9,12,20H,10-11H2,1-5H3,(H,23,24). The largest absolute Gasteiger partial charge is 0.479 e. The van der Waals surface area contributed by atoms with Crippen LogP contribution in [0.15, 0.2) is 24.3 Å². The van der Waals surface area contributed by atoms with Crippen LogP contribution in [-0.2, 0) is 16.0 Å². The average molecular weight is 371 g/mol. The molecular formula is C22H26O3S. The van der Waals surface area contributed by atoms with Crippen molar-refractivity contribution in [1.29, 1.82) is 0 Å². The number of carboxylic acids is 1. The molecular weight excluding hydrogens is 344 g/mol. The van der Waals surface area contributed by atoms with Crippen LogP contribution in [0.5, 0.6) is 0 Å². The third kappa shape index (κ3) is 3.76. The van der Waals surface area contributed by atoms with Crippen LogP contribution in [0.1, 0.15) is 65.3 Å². The zero-order valence-corrected chi connectivity index (χ0v) is 16.9. The van der Waals surface area contributed by atoms with E-state index in [0.717, 1.165) is 33.7 Å². The Kier molecular flexibility index (Phi) is 5.09. The minimum atomic E-state index is -0.951. The molecule has 3 rings (SSSR count). The van der Waals surface area contributed by atoms with Gasteiger partial charge in [0, 0.05) is 15.3 Å². The average Bonchev–Trinajstić information content (AvgIpc) is 2.85. The normalized spacial score (nSPS) is 15.3. The lowest BCUT2D eigenvalue weighted by Gasteiger charge is -2.27. The maximum Gasteiger partial charge on any atom is 0.337 e. The molecule has 1 atom stereocenters. The number of thiophene rings is 1. The molecule has 1 aromatic heterocycles. The lowest BCUT2D eigenvalue weighted by molar-refractivity contribution is -0.160. The first-order valence-electron chi connectivity index (χ1n) is 8.96. The van der Waals surface area contributed by atoms with Gasteiger partial charge in [0.05, 0.1) is 5.60 Å². The highest BCUT2D eigenvalue weighted by Crippen LogP contribution is 2.43. The highest BCUT2D eigenvalue weighted by atomic mass is 32.1. The summed E-state index contributed by atoms with van der Waals surface area (Å²) in [6.07, 6.45) is 3.16. The van der Waals surface area contributed by atoms with Gasteiger partial charge in [-0.3, -0.25) is 0 Å². The van der Waals surface area contributed by atoms with Crippen LogP contribution >= 0.6 is 11.3 Å². The minimum Gasteiger partial charge on any atom is -0.479 e. The van der Waals surface area contributed by atoms with Crippen molar-refractivity contribution >= 4 is 29.0 Å². The second-order valence-electron chi connectivity index (χ2n) is 7.82. The molecule has 0 saturated heterocycles. The van der Waals surface area contributed by atoms with Crippen molar-refractivity contribution in [2.45, 2.75) is 59.2 Å². The molecule has 0 aliphatic heterocycles. The molecule has 1 aromatic carbocycles. The van der Waals surface area contributed by atoms with Crippen LogP contribution in [0.4, 0.5) is 0 Å². The van der Waals surface area contributed by atoms with E-state index in [1.165, 1.54) is 16.7 Å². The number of allylic oxidation sites excluding steroid dienone is 1. The molecule has 2 aromatic rings. The highest BCUT2D eigenvalue weighted by molar-refractivity contribution is 7.12. The maximum absolute atomic E-state index is 12.0. The van der Waals surface area contributed by atoms with Crippen molar-refractivity contribution in [1.82, 2.24) is 0 Å². The lowest BCUT2D eigenvalue weighted by atomic mass is 9.86. The summed E-state index contributed by atoms with van der Waals surface area (Å²) in [6, 6.07) is 8.41. The summed E-state index contributed by atoms with van der Waals surface area (Å²) in [5.41, 5.74) is 5.15. The molecule has 1 heterocycles. The summed E-state index contributed by atoms with van der Waals surface area (Å²) >= 11 is 1.66. The Morgan fingerprint density at radius 1 is 1.15 bits per heavy atom. The molecule has 26 heavy (non-hydrogen) atoms. The number of hydrogen-bond acceptors (Lipinski definition) is 3. The number of carbonyl (C=O) groups is 1. The molecule has 1 aliphatic carbocycles. The van der Waals surface area contributed by atoms with Gasteiger partial charge < -0.3 is 9.84 Å². The Bertz CT molecular complexity index is 868. The summed E-state index contributed by atoms with van der Waals surface area (Å²) < 4.78 is 5.96. The number of hydrogen-bond donors (Lipinski definition) is 1.